The van der Waals surface area contributed by atoms with Crippen LogP contribution in [0.5, 0.6) is 0 Å². The summed E-state index contributed by atoms with van der Waals surface area (Å²) in [7, 11) is 0.160. The van der Waals surface area contributed by atoms with E-state index in [0.717, 1.165) is 51.6 Å². The van der Waals surface area contributed by atoms with Crippen molar-refractivity contribution in [1.82, 2.24) is 14.1 Å². The molecule has 4 rings (SSSR count). The summed E-state index contributed by atoms with van der Waals surface area (Å²) in [5.41, 5.74) is 0. The Morgan fingerprint density at radius 3 is 2.38 bits per heavy atom. The van der Waals surface area contributed by atoms with Crippen LogP contribution in [0.4, 0.5) is 4.79 Å². The maximum Gasteiger partial charge on any atom is 0.409 e. The third-order valence-corrected chi connectivity index (χ3v) is 9.45. The van der Waals surface area contributed by atoms with Gasteiger partial charge in [-0.15, -0.1) is 0 Å². The average Bonchev–Trinajstić information content (AvgIpc) is 3.63. The Morgan fingerprint density at radius 1 is 1.09 bits per heavy atom. The average molecular weight is 484 g/mol. The normalized spacial score (nSPS) is 26.1. The van der Waals surface area contributed by atoms with Gasteiger partial charge in [-0.2, -0.15) is 4.31 Å². The molecule has 2 atom stereocenters. The third-order valence-electron chi connectivity index (χ3n) is 7.20. The van der Waals surface area contributed by atoms with Crippen LogP contribution >= 0.6 is 11.6 Å². The minimum Gasteiger partial charge on any atom is -0.448 e. The van der Waals surface area contributed by atoms with Crippen LogP contribution in [0.1, 0.15) is 44.9 Å². The van der Waals surface area contributed by atoms with E-state index in [-0.39, 0.29) is 35.7 Å². The van der Waals surface area contributed by atoms with Gasteiger partial charge in [-0.25, -0.2) is 13.2 Å². The van der Waals surface area contributed by atoms with Crippen molar-refractivity contribution in [2.24, 2.45) is 5.92 Å². The molecule has 0 aromatic heterocycles. The van der Waals surface area contributed by atoms with Gasteiger partial charge in [0.15, 0.2) is 0 Å². The Labute approximate surface area is 196 Å². The topological polar surface area (TPSA) is 70.2 Å². The lowest BCUT2D eigenvalue weighted by Crippen LogP contribution is -2.53. The number of hydrogen-bond donors (Lipinski definition) is 0. The maximum absolute atomic E-state index is 13.6. The fraction of sp³-hybridized carbons (Fsp3) is 0.696. The van der Waals surface area contributed by atoms with E-state index in [2.05, 4.69) is 11.9 Å². The summed E-state index contributed by atoms with van der Waals surface area (Å²) in [5, 5.41) is 0.503. The van der Waals surface area contributed by atoms with Gasteiger partial charge in [0.2, 0.25) is 10.0 Å². The molecule has 2 heterocycles. The molecule has 9 heteroatoms. The molecule has 1 aromatic rings. The molecular formula is C23H34ClN3O4S. The van der Waals surface area contributed by atoms with Crippen LogP contribution in [0.25, 0.3) is 0 Å². The lowest BCUT2D eigenvalue weighted by atomic mass is 9.96. The maximum atomic E-state index is 13.6. The van der Waals surface area contributed by atoms with Gasteiger partial charge < -0.3 is 14.5 Å². The number of likely N-dealkylation sites (tertiary alicyclic amines) is 1. The predicted molar refractivity (Wildman–Crippen MR) is 124 cm³/mol. The highest BCUT2D eigenvalue weighted by Gasteiger charge is 2.46. The molecule has 0 bridgehead atoms. The van der Waals surface area contributed by atoms with Crippen LogP contribution in [-0.4, -0.2) is 80.5 Å². The Balaban J connectivity index is 1.47. The molecular weight excluding hydrogens is 450 g/mol. The molecule has 3 fully saturated rings. The Hall–Kier alpha value is -1.35. The number of rotatable bonds is 6. The zero-order valence-electron chi connectivity index (χ0n) is 19.0. The summed E-state index contributed by atoms with van der Waals surface area (Å²) in [6, 6.07) is 6.13. The second kappa shape index (κ2) is 9.87. The number of ether oxygens (including phenoxy) is 1. The van der Waals surface area contributed by atoms with Crippen LogP contribution in [-0.2, 0) is 14.8 Å². The standard InChI is InChI=1S/C23H34ClN3O4S/c1-25-14-12-19(13-15-25)26(2)23(28)31-16-20-4-3-5-22(17-6-7-17)27(20)32(29,30)21-10-8-18(24)9-11-21/h8-11,17,19-20,22H,3-7,12-16H2,1-2H3. The van der Waals surface area contributed by atoms with Gasteiger partial charge in [-0.3, -0.25) is 0 Å². The van der Waals surface area contributed by atoms with Crippen molar-refractivity contribution in [2.45, 2.75) is 68.0 Å². The number of amides is 1. The smallest absolute Gasteiger partial charge is 0.409 e. The molecule has 1 amide bonds. The molecule has 1 saturated carbocycles. The van der Waals surface area contributed by atoms with Crippen LogP contribution in [0.2, 0.25) is 5.02 Å². The van der Waals surface area contributed by atoms with E-state index < -0.39 is 10.0 Å². The number of piperidine rings is 2. The van der Waals surface area contributed by atoms with Gasteiger partial charge in [-0.05, 0) is 88.8 Å². The first kappa shape index (κ1) is 23.8. The molecule has 0 spiro atoms. The first-order valence-electron chi connectivity index (χ1n) is 11.6. The summed E-state index contributed by atoms with van der Waals surface area (Å²) in [4.78, 5) is 17.0. The number of halogens is 1. The van der Waals surface area contributed by atoms with E-state index >= 15 is 0 Å². The van der Waals surface area contributed by atoms with E-state index in [0.29, 0.717) is 17.4 Å². The zero-order chi connectivity index (χ0) is 22.9. The molecule has 1 aromatic carbocycles. The van der Waals surface area contributed by atoms with E-state index in [1.807, 2.05) is 0 Å². The molecule has 0 N–H and O–H groups in total. The number of benzene rings is 1. The van der Waals surface area contributed by atoms with Gasteiger partial charge in [0.1, 0.15) is 6.61 Å². The zero-order valence-corrected chi connectivity index (χ0v) is 20.5. The van der Waals surface area contributed by atoms with Crippen molar-refractivity contribution >= 4 is 27.7 Å². The second-order valence-electron chi connectivity index (χ2n) is 9.50. The summed E-state index contributed by atoms with van der Waals surface area (Å²) in [6.45, 7) is 2.01. The Kier molecular flexibility index (Phi) is 7.34. The summed E-state index contributed by atoms with van der Waals surface area (Å²) >= 11 is 5.98. The summed E-state index contributed by atoms with van der Waals surface area (Å²) in [5.74, 6) is 0.400. The number of hydrogen-bond acceptors (Lipinski definition) is 5. The van der Waals surface area contributed by atoms with E-state index in [1.54, 1.807) is 40.5 Å². The predicted octanol–water partition coefficient (Wildman–Crippen LogP) is 3.82. The Morgan fingerprint density at radius 2 is 1.75 bits per heavy atom. The lowest BCUT2D eigenvalue weighted by molar-refractivity contribution is 0.0487. The molecule has 0 radical (unpaired) electrons. The minimum atomic E-state index is -3.71. The van der Waals surface area contributed by atoms with Crippen LogP contribution in [0.3, 0.4) is 0 Å². The number of carbonyl (C=O) groups is 1. The number of sulfonamides is 1. The van der Waals surface area contributed by atoms with Crippen molar-refractivity contribution in [3.05, 3.63) is 29.3 Å². The molecule has 7 nitrogen and oxygen atoms in total. The van der Waals surface area contributed by atoms with Crippen molar-refractivity contribution in [3.63, 3.8) is 0 Å². The van der Waals surface area contributed by atoms with Gasteiger partial charge >= 0.3 is 6.09 Å². The van der Waals surface area contributed by atoms with Crippen LogP contribution < -0.4 is 0 Å². The number of carbonyl (C=O) groups excluding carboxylic acids is 1. The Bertz CT molecular complexity index is 898. The third kappa shape index (κ3) is 5.24. The fourth-order valence-electron chi connectivity index (χ4n) is 5.07. The van der Waals surface area contributed by atoms with Crippen molar-refractivity contribution in [2.75, 3.05) is 33.8 Å². The fourth-order valence-corrected chi connectivity index (χ4v) is 7.11. The SMILES string of the molecule is CN1CCC(N(C)C(=O)OCC2CCCC(C3CC3)N2S(=O)(=O)c2ccc(Cl)cc2)CC1. The monoisotopic (exact) mass is 483 g/mol. The molecule has 178 valence electrons. The molecule has 2 unspecified atom stereocenters. The lowest BCUT2D eigenvalue weighted by Gasteiger charge is -2.41. The van der Waals surface area contributed by atoms with Gasteiger partial charge in [-0.1, -0.05) is 18.0 Å². The van der Waals surface area contributed by atoms with E-state index in [4.69, 9.17) is 16.3 Å². The van der Waals surface area contributed by atoms with Gasteiger partial charge in [0, 0.05) is 24.2 Å². The summed E-state index contributed by atoms with van der Waals surface area (Å²) < 4.78 is 34.6. The molecule has 2 saturated heterocycles. The van der Waals surface area contributed by atoms with Crippen molar-refractivity contribution in [1.29, 1.82) is 0 Å². The van der Waals surface area contributed by atoms with Crippen LogP contribution in [0.15, 0.2) is 29.2 Å². The highest BCUT2D eigenvalue weighted by Crippen LogP contribution is 2.43. The van der Waals surface area contributed by atoms with Gasteiger partial charge in [0.05, 0.1) is 10.9 Å². The number of nitrogens with zero attached hydrogens (tertiary/aromatic N) is 3. The molecule has 2 aliphatic heterocycles. The van der Waals surface area contributed by atoms with Crippen molar-refractivity contribution in [3.8, 4) is 0 Å². The van der Waals surface area contributed by atoms with E-state index in [9.17, 15) is 13.2 Å². The quantitative estimate of drug-likeness (QED) is 0.615. The molecule has 3 aliphatic rings. The minimum absolute atomic E-state index is 0.0280. The van der Waals surface area contributed by atoms with Crippen molar-refractivity contribution < 1.29 is 17.9 Å². The summed E-state index contributed by atoms with van der Waals surface area (Å²) in [6.07, 6.45) is 6.10. The van der Waals surface area contributed by atoms with Crippen LogP contribution in [0, 0.1) is 5.92 Å². The van der Waals surface area contributed by atoms with E-state index in [1.165, 1.54) is 0 Å². The second-order valence-corrected chi connectivity index (χ2v) is 11.8. The largest absolute Gasteiger partial charge is 0.448 e. The first-order chi connectivity index (χ1) is 15.3. The highest BCUT2D eigenvalue weighted by molar-refractivity contribution is 7.89. The highest BCUT2D eigenvalue weighted by atomic mass is 35.5. The first-order valence-corrected chi connectivity index (χ1v) is 13.5. The molecule has 32 heavy (non-hydrogen) atoms. The molecule has 1 aliphatic carbocycles. The van der Waals surface area contributed by atoms with Gasteiger partial charge in [0.25, 0.3) is 0 Å².